The third-order valence-corrected chi connectivity index (χ3v) is 8.50. The highest BCUT2D eigenvalue weighted by molar-refractivity contribution is 7.89. The predicted octanol–water partition coefficient (Wildman–Crippen LogP) is 3.56. The smallest absolute Gasteiger partial charge is 0.241 e. The second-order valence-corrected chi connectivity index (χ2v) is 10.7. The maximum Gasteiger partial charge on any atom is 0.241 e. The van der Waals surface area contributed by atoms with Crippen LogP contribution in [-0.4, -0.2) is 53.4 Å². The molecule has 0 saturated heterocycles. The van der Waals surface area contributed by atoms with Gasteiger partial charge < -0.3 is 9.88 Å². The molecule has 2 aliphatic heterocycles. The molecule has 32 heavy (non-hydrogen) atoms. The topological polar surface area (TPSA) is 73.5 Å². The first-order valence-electron chi connectivity index (χ1n) is 11.1. The Labute approximate surface area is 188 Å². The summed E-state index contributed by atoms with van der Waals surface area (Å²) in [7, 11) is -3.50. The minimum Gasteiger partial charge on any atom is -0.361 e. The Morgan fingerprint density at radius 1 is 1.09 bits per heavy atom. The Morgan fingerprint density at radius 3 is 2.59 bits per heavy atom. The number of nitrogens with zero attached hydrogens (tertiary/aromatic N) is 2. The highest BCUT2D eigenvalue weighted by Gasteiger charge is 2.40. The molecule has 0 spiro atoms. The predicted molar refractivity (Wildman–Crippen MR) is 126 cm³/mol. The van der Waals surface area contributed by atoms with Crippen molar-refractivity contribution in [1.82, 2.24) is 14.2 Å². The number of nitrogens with one attached hydrogen (secondary N) is 1. The molecule has 2 aromatic carbocycles. The van der Waals surface area contributed by atoms with E-state index in [0.29, 0.717) is 19.5 Å². The quantitative estimate of drug-likeness (QED) is 0.662. The highest BCUT2D eigenvalue weighted by Crippen LogP contribution is 2.31. The average molecular weight is 450 g/mol. The molecule has 1 N–H and O–H groups in total. The van der Waals surface area contributed by atoms with Crippen molar-refractivity contribution in [3.05, 3.63) is 77.5 Å². The molecule has 3 aromatic rings. The maximum atomic E-state index is 13.5. The standard InChI is InChI=1S/C25H27N3O3S/c1-2-32(30,31)28-17-20-8-4-3-7-19(20)15-24(28)25(29)27-13-11-18(12-14-27)22-16-26-23-10-6-5-9-21(22)23/h3-11,16,24,26H,2,12-15,17H2,1H3/t24-/m1/s1. The van der Waals surface area contributed by atoms with Crippen LogP contribution in [0.15, 0.2) is 60.8 Å². The molecule has 7 heteroatoms. The number of benzene rings is 2. The van der Waals surface area contributed by atoms with E-state index >= 15 is 0 Å². The van der Waals surface area contributed by atoms with Crippen LogP contribution >= 0.6 is 0 Å². The van der Waals surface area contributed by atoms with Crippen molar-refractivity contribution < 1.29 is 13.2 Å². The van der Waals surface area contributed by atoms with Crippen LogP contribution in [0.1, 0.15) is 30.0 Å². The molecule has 0 radical (unpaired) electrons. The van der Waals surface area contributed by atoms with Crippen molar-refractivity contribution in [2.24, 2.45) is 0 Å². The molecule has 0 saturated carbocycles. The fraction of sp³-hybridized carbons (Fsp3) is 0.320. The van der Waals surface area contributed by atoms with Crippen molar-refractivity contribution in [3.63, 3.8) is 0 Å². The average Bonchev–Trinajstić information content (AvgIpc) is 3.27. The van der Waals surface area contributed by atoms with E-state index in [0.717, 1.165) is 23.1 Å². The molecule has 1 aromatic heterocycles. The minimum absolute atomic E-state index is 0.0104. The lowest BCUT2D eigenvalue weighted by Crippen LogP contribution is -2.54. The second-order valence-electron chi connectivity index (χ2n) is 8.45. The summed E-state index contributed by atoms with van der Waals surface area (Å²) in [6.45, 7) is 2.97. The van der Waals surface area contributed by atoms with Crippen LogP contribution in [0.4, 0.5) is 0 Å². The zero-order valence-electron chi connectivity index (χ0n) is 18.1. The number of sulfonamides is 1. The molecule has 0 fully saturated rings. The van der Waals surface area contributed by atoms with Gasteiger partial charge in [-0.2, -0.15) is 4.31 Å². The Balaban J connectivity index is 1.40. The summed E-state index contributed by atoms with van der Waals surface area (Å²) >= 11 is 0. The number of carbonyl (C=O) groups is 1. The van der Waals surface area contributed by atoms with E-state index in [1.54, 1.807) is 11.8 Å². The van der Waals surface area contributed by atoms with Gasteiger partial charge >= 0.3 is 0 Å². The zero-order valence-corrected chi connectivity index (χ0v) is 18.9. The fourth-order valence-electron chi connectivity index (χ4n) is 4.83. The number of aromatic nitrogens is 1. The summed E-state index contributed by atoms with van der Waals surface area (Å²) in [6.07, 6.45) is 5.30. The number of para-hydroxylation sites is 1. The van der Waals surface area contributed by atoms with Gasteiger partial charge in [-0.25, -0.2) is 8.42 Å². The lowest BCUT2D eigenvalue weighted by atomic mass is 9.94. The highest BCUT2D eigenvalue weighted by atomic mass is 32.2. The van der Waals surface area contributed by atoms with Crippen LogP contribution < -0.4 is 0 Å². The number of carbonyl (C=O) groups excluding carboxylic acids is 1. The molecule has 2 aliphatic rings. The first kappa shape index (κ1) is 21.0. The molecule has 0 bridgehead atoms. The maximum absolute atomic E-state index is 13.5. The van der Waals surface area contributed by atoms with Crippen LogP contribution in [0.2, 0.25) is 0 Å². The number of fused-ring (bicyclic) bond motifs is 2. The summed E-state index contributed by atoms with van der Waals surface area (Å²) in [5, 5.41) is 1.18. The van der Waals surface area contributed by atoms with Gasteiger partial charge in [-0.15, -0.1) is 0 Å². The van der Waals surface area contributed by atoms with Crippen molar-refractivity contribution in [1.29, 1.82) is 0 Å². The van der Waals surface area contributed by atoms with Gasteiger partial charge in [0.05, 0.1) is 5.75 Å². The number of H-pyrrole nitrogens is 1. The molecular formula is C25H27N3O3S. The van der Waals surface area contributed by atoms with Gasteiger partial charge in [-0.1, -0.05) is 48.5 Å². The number of rotatable bonds is 4. The first-order valence-corrected chi connectivity index (χ1v) is 12.7. The summed E-state index contributed by atoms with van der Waals surface area (Å²) in [6, 6.07) is 15.3. The Kier molecular flexibility index (Phi) is 5.39. The molecule has 0 aliphatic carbocycles. The van der Waals surface area contributed by atoms with Gasteiger partial charge in [0.1, 0.15) is 6.04 Å². The zero-order chi connectivity index (χ0) is 22.3. The minimum atomic E-state index is -3.50. The fourth-order valence-corrected chi connectivity index (χ4v) is 6.05. The molecule has 6 nitrogen and oxygen atoms in total. The Morgan fingerprint density at radius 2 is 1.84 bits per heavy atom. The van der Waals surface area contributed by atoms with Gasteiger partial charge in [0.2, 0.25) is 15.9 Å². The largest absolute Gasteiger partial charge is 0.361 e. The van der Waals surface area contributed by atoms with Crippen LogP contribution in [0, 0.1) is 0 Å². The lowest BCUT2D eigenvalue weighted by Gasteiger charge is -2.38. The molecule has 0 unspecified atom stereocenters. The Hall–Kier alpha value is -2.90. The lowest BCUT2D eigenvalue weighted by molar-refractivity contribution is -0.135. The summed E-state index contributed by atoms with van der Waals surface area (Å²) in [4.78, 5) is 18.6. The van der Waals surface area contributed by atoms with E-state index in [4.69, 9.17) is 0 Å². The molecular weight excluding hydrogens is 422 g/mol. The van der Waals surface area contributed by atoms with Crippen molar-refractivity contribution in [3.8, 4) is 0 Å². The SMILES string of the molecule is CCS(=O)(=O)N1Cc2ccccc2C[C@@H]1C(=O)N1CC=C(c2c[nH]c3ccccc23)CC1. The molecule has 3 heterocycles. The van der Waals surface area contributed by atoms with Crippen LogP contribution in [0.25, 0.3) is 16.5 Å². The van der Waals surface area contributed by atoms with Crippen molar-refractivity contribution >= 4 is 32.4 Å². The van der Waals surface area contributed by atoms with E-state index in [1.807, 2.05) is 42.6 Å². The van der Waals surface area contributed by atoms with Gasteiger partial charge in [0, 0.05) is 42.3 Å². The van der Waals surface area contributed by atoms with E-state index in [9.17, 15) is 13.2 Å². The van der Waals surface area contributed by atoms with E-state index < -0.39 is 16.1 Å². The van der Waals surface area contributed by atoms with E-state index in [1.165, 1.54) is 20.8 Å². The van der Waals surface area contributed by atoms with E-state index in [-0.39, 0.29) is 18.2 Å². The number of amides is 1. The van der Waals surface area contributed by atoms with Crippen LogP contribution in [0.3, 0.4) is 0 Å². The number of hydrogen-bond acceptors (Lipinski definition) is 3. The molecule has 166 valence electrons. The van der Waals surface area contributed by atoms with Gasteiger partial charge in [0.25, 0.3) is 0 Å². The Bertz CT molecular complexity index is 1310. The van der Waals surface area contributed by atoms with Crippen molar-refractivity contribution in [2.75, 3.05) is 18.8 Å². The van der Waals surface area contributed by atoms with Crippen LogP contribution in [-0.2, 0) is 27.8 Å². The molecule has 1 amide bonds. The normalized spacial score (nSPS) is 19.6. The van der Waals surface area contributed by atoms with E-state index in [2.05, 4.69) is 23.2 Å². The van der Waals surface area contributed by atoms with Gasteiger partial charge in [-0.3, -0.25) is 4.79 Å². The van der Waals surface area contributed by atoms with Gasteiger partial charge in [-0.05, 0) is 42.5 Å². The first-order chi connectivity index (χ1) is 15.5. The third-order valence-electron chi connectivity index (χ3n) is 6.67. The van der Waals surface area contributed by atoms with Gasteiger partial charge in [0.15, 0.2) is 0 Å². The summed E-state index contributed by atoms with van der Waals surface area (Å²) < 4.78 is 27.1. The van der Waals surface area contributed by atoms with Crippen molar-refractivity contribution in [2.45, 2.75) is 32.4 Å². The summed E-state index contributed by atoms with van der Waals surface area (Å²) in [5.41, 5.74) is 5.53. The number of aromatic amines is 1. The monoisotopic (exact) mass is 449 g/mol. The molecule has 5 rings (SSSR count). The second kappa shape index (κ2) is 8.22. The third kappa shape index (κ3) is 3.65. The summed E-state index contributed by atoms with van der Waals surface area (Å²) in [5.74, 6) is -0.116. The molecule has 1 atom stereocenters. The van der Waals surface area contributed by atoms with Crippen LogP contribution in [0.5, 0.6) is 0 Å². The number of hydrogen-bond donors (Lipinski definition) is 1.